The van der Waals surface area contributed by atoms with Crippen LogP contribution in [0.2, 0.25) is 0 Å². The zero-order chi connectivity index (χ0) is 14.8. The lowest BCUT2D eigenvalue weighted by atomic mass is 10.00. The van der Waals surface area contributed by atoms with Crippen molar-refractivity contribution in [2.75, 3.05) is 25.6 Å². The van der Waals surface area contributed by atoms with Crippen LogP contribution in [0.5, 0.6) is 5.75 Å². The number of benzene rings is 1. The zero-order valence-corrected chi connectivity index (χ0v) is 13.4. The lowest BCUT2D eigenvalue weighted by Gasteiger charge is -2.28. The Hall–Kier alpha value is -1.22. The Morgan fingerprint density at radius 1 is 1.21 bits per heavy atom. The summed E-state index contributed by atoms with van der Waals surface area (Å²) >= 11 is 0. The standard InChI is InChI=1S/C16H28N2O/c1-11-10-12(2)14(15(19-7)13(11)3)18(6)9-8-16(4,5)17/h10H,8-9,17H2,1-7H3. The van der Waals surface area contributed by atoms with Gasteiger partial charge in [0.1, 0.15) is 5.75 Å². The maximum absolute atomic E-state index is 6.07. The molecule has 0 spiro atoms. The van der Waals surface area contributed by atoms with Crippen LogP contribution >= 0.6 is 0 Å². The monoisotopic (exact) mass is 264 g/mol. The fraction of sp³-hybridized carbons (Fsp3) is 0.625. The maximum Gasteiger partial charge on any atom is 0.145 e. The Balaban J connectivity index is 3.09. The third-order valence-electron chi connectivity index (χ3n) is 3.63. The van der Waals surface area contributed by atoms with Crippen LogP contribution in [0.15, 0.2) is 6.07 Å². The molecule has 0 bridgehead atoms. The van der Waals surface area contributed by atoms with E-state index in [0.717, 1.165) is 18.7 Å². The number of rotatable bonds is 5. The molecule has 0 radical (unpaired) electrons. The SMILES string of the molecule is COc1c(C)c(C)cc(C)c1N(C)CCC(C)(C)N. The van der Waals surface area contributed by atoms with Crippen LogP contribution in [0.3, 0.4) is 0 Å². The van der Waals surface area contributed by atoms with E-state index in [4.69, 9.17) is 10.5 Å². The van der Waals surface area contributed by atoms with E-state index in [9.17, 15) is 0 Å². The molecule has 0 unspecified atom stereocenters. The highest BCUT2D eigenvalue weighted by atomic mass is 16.5. The van der Waals surface area contributed by atoms with Gasteiger partial charge in [-0.2, -0.15) is 0 Å². The van der Waals surface area contributed by atoms with Crippen LogP contribution in [-0.2, 0) is 0 Å². The van der Waals surface area contributed by atoms with Crippen LogP contribution in [0.25, 0.3) is 0 Å². The molecule has 0 aliphatic carbocycles. The molecule has 108 valence electrons. The van der Waals surface area contributed by atoms with Crippen molar-refractivity contribution in [3.05, 3.63) is 22.8 Å². The summed E-state index contributed by atoms with van der Waals surface area (Å²) in [6.07, 6.45) is 0.943. The quantitative estimate of drug-likeness (QED) is 0.887. The minimum atomic E-state index is -0.144. The fourth-order valence-corrected chi connectivity index (χ4v) is 2.33. The smallest absolute Gasteiger partial charge is 0.145 e. The summed E-state index contributed by atoms with van der Waals surface area (Å²) in [4.78, 5) is 2.25. The Bertz CT molecular complexity index is 447. The average molecular weight is 264 g/mol. The molecule has 0 aliphatic heterocycles. The number of nitrogens with zero attached hydrogens (tertiary/aromatic N) is 1. The molecule has 0 aromatic heterocycles. The van der Waals surface area contributed by atoms with E-state index in [-0.39, 0.29) is 5.54 Å². The first-order valence-electron chi connectivity index (χ1n) is 6.82. The van der Waals surface area contributed by atoms with Crippen molar-refractivity contribution in [1.29, 1.82) is 0 Å². The second kappa shape index (κ2) is 5.83. The van der Waals surface area contributed by atoms with Gasteiger partial charge in [0, 0.05) is 19.1 Å². The van der Waals surface area contributed by atoms with Crippen LogP contribution in [0.4, 0.5) is 5.69 Å². The van der Waals surface area contributed by atoms with Gasteiger partial charge in [-0.25, -0.2) is 0 Å². The number of anilines is 1. The van der Waals surface area contributed by atoms with Gasteiger partial charge in [0.25, 0.3) is 0 Å². The molecule has 3 nitrogen and oxygen atoms in total. The van der Waals surface area contributed by atoms with Gasteiger partial charge in [0.05, 0.1) is 12.8 Å². The first kappa shape index (κ1) is 15.8. The van der Waals surface area contributed by atoms with Gasteiger partial charge < -0.3 is 15.4 Å². The second-order valence-corrected chi connectivity index (χ2v) is 6.18. The van der Waals surface area contributed by atoms with E-state index in [2.05, 4.69) is 52.6 Å². The van der Waals surface area contributed by atoms with Crippen LogP contribution in [-0.4, -0.2) is 26.2 Å². The molecule has 2 N–H and O–H groups in total. The van der Waals surface area contributed by atoms with E-state index in [1.54, 1.807) is 7.11 Å². The summed E-state index contributed by atoms with van der Waals surface area (Å²) in [6, 6.07) is 2.22. The van der Waals surface area contributed by atoms with Crippen molar-refractivity contribution in [3.8, 4) is 5.75 Å². The molecule has 0 saturated carbocycles. The predicted molar refractivity (Wildman–Crippen MR) is 83.4 cm³/mol. The Labute approximate surface area is 117 Å². The van der Waals surface area contributed by atoms with Gasteiger partial charge >= 0.3 is 0 Å². The topological polar surface area (TPSA) is 38.5 Å². The van der Waals surface area contributed by atoms with Gasteiger partial charge in [-0.1, -0.05) is 6.07 Å². The maximum atomic E-state index is 6.07. The van der Waals surface area contributed by atoms with Gasteiger partial charge in [-0.15, -0.1) is 0 Å². The van der Waals surface area contributed by atoms with Crippen molar-refractivity contribution in [3.63, 3.8) is 0 Å². The Kier molecular flexibility index (Phi) is 4.86. The third kappa shape index (κ3) is 3.87. The first-order valence-corrected chi connectivity index (χ1v) is 6.82. The summed E-state index contributed by atoms with van der Waals surface area (Å²) in [5, 5.41) is 0. The highest BCUT2D eigenvalue weighted by Gasteiger charge is 2.18. The molecule has 0 aliphatic rings. The number of nitrogens with two attached hydrogens (primary N) is 1. The van der Waals surface area contributed by atoms with Gasteiger partial charge in [-0.05, 0) is 57.7 Å². The number of ether oxygens (including phenoxy) is 1. The summed E-state index contributed by atoms with van der Waals surface area (Å²) in [5.41, 5.74) is 10.8. The van der Waals surface area contributed by atoms with E-state index in [0.29, 0.717) is 0 Å². The van der Waals surface area contributed by atoms with E-state index < -0.39 is 0 Å². The lowest BCUT2D eigenvalue weighted by Crippen LogP contribution is -2.36. The number of hydrogen-bond donors (Lipinski definition) is 1. The molecule has 0 amide bonds. The van der Waals surface area contributed by atoms with Crippen molar-refractivity contribution in [2.24, 2.45) is 5.73 Å². The molecule has 0 heterocycles. The summed E-state index contributed by atoms with van der Waals surface area (Å²) in [5.74, 6) is 0.981. The Morgan fingerprint density at radius 3 is 2.26 bits per heavy atom. The summed E-state index contributed by atoms with van der Waals surface area (Å²) < 4.78 is 5.62. The largest absolute Gasteiger partial charge is 0.494 e. The van der Waals surface area contributed by atoms with Gasteiger partial charge in [0.15, 0.2) is 0 Å². The highest BCUT2D eigenvalue weighted by molar-refractivity contribution is 5.67. The van der Waals surface area contributed by atoms with Crippen molar-refractivity contribution in [1.82, 2.24) is 0 Å². The summed E-state index contributed by atoms with van der Waals surface area (Å²) in [6.45, 7) is 11.4. The van der Waals surface area contributed by atoms with E-state index in [1.165, 1.54) is 22.4 Å². The molecule has 1 aromatic carbocycles. The fourth-order valence-electron chi connectivity index (χ4n) is 2.33. The number of hydrogen-bond acceptors (Lipinski definition) is 3. The highest BCUT2D eigenvalue weighted by Crippen LogP contribution is 2.36. The van der Waals surface area contributed by atoms with E-state index in [1.807, 2.05) is 0 Å². The van der Waals surface area contributed by atoms with Crippen LogP contribution in [0, 0.1) is 20.8 Å². The normalized spacial score (nSPS) is 11.6. The van der Waals surface area contributed by atoms with E-state index >= 15 is 0 Å². The minimum absolute atomic E-state index is 0.144. The second-order valence-electron chi connectivity index (χ2n) is 6.18. The molecule has 19 heavy (non-hydrogen) atoms. The van der Waals surface area contributed by atoms with Gasteiger partial charge in [0.2, 0.25) is 0 Å². The minimum Gasteiger partial charge on any atom is -0.494 e. The van der Waals surface area contributed by atoms with Gasteiger partial charge in [-0.3, -0.25) is 0 Å². The first-order chi connectivity index (χ1) is 8.67. The molecule has 0 saturated heterocycles. The molecule has 0 fully saturated rings. The molecular formula is C16H28N2O. The molecule has 1 aromatic rings. The zero-order valence-electron chi connectivity index (χ0n) is 13.4. The molecule has 1 rings (SSSR count). The summed E-state index contributed by atoms with van der Waals surface area (Å²) in [7, 11) is 3.84. The van der Waals surface area contributed by atoms with Crippen molar-refractivity contribution < 1.29 is 4.74 Å². The molecule has 0 atom stereocenters. The van der Waals surface area contributed by atoms with Crippen molar-refractivity contribution in [2.45, 2.75) is 46.6 Å². The third-order valence-corrected chi connectivity index (χ3v) is 3.63. The number of methoxy groups -OCH3 is 1. The average Bonchev–Trinajstić information content (AvgIpc) is 2.29. The molecule has 3 heteroatoms. The predicted octanol–water partition coefficient (Wildman–Crippen LogP) is 3.18. The number of aryl methyl sites for hydroxylation is 2. The lowest BCUT2D eigenvalue weighted by molar-refractivity contribution is 0.409. The van der Waals surface area contributed by atoms with Crippen LogP contribution in [0.1, 0.15) is 37.0 Å². The van der Waals surface area contributed by atoms with Crippen LogP contribution < -0.4 is 15.4 Å². The Morgan fingerprint density at radius 2 is 1.79 bits per heavy atom. The molecular weight excluding hydrogens is 236 g/mol. The van der Waals surface area contributed by atoms with Crippen molar-refractivity contribution >= 4 is 5.69 Å².